The molecule has 7 nitrogen and oxygen atoms in total. The molecule has 3 aromatic rings. The number of thiophene rings is 1. The first-order valence-corrected chi connectivity index (χ1v) is 12.3. The number of ether oxygens (including phenoxy) is 1. The van der Waals surface area contributed by atoms with Gasteiger partial charge in [0.2, 0.25) is 0 Å². The predicted molar refractivity (Wildman–Crippen MR) is 119 cm³/mol. The van der Waals surface area contributed by atoms with Crippen molar-refractivity contribution < 1.29 is 17.9 Å². The molecule has 0 atom stereocenters. The van der Waals surface area contributed by atoms with Gasteiger partial charge in [0, 0.05) is 24.0 Å². The van der Waals surface area contributed by atoms with Gasteiger partial charge in [-0.3, -0.25) is 4.79 Å². The first-order chi connectivity index (χ1) is 14.2. The van der Waals surface area contributed by atoms with Crippen molar-refractivity contribution >= 4 is 50.2 Å². The summed E-state index contributed by atoms with van der Waals surface area (Å²) in [7, 11) is -0.505. The molecule has 0 fully saturated rings. The lowest BCUT2D eigenvalue weighted by atomic mass is 10.3. The summed E-state index contributed by atoms with van der Waals surface area (Å²) in [6.07, 6.45) is 0. The van der Waals surface area contributed by atoms with Crippen LogP contribution < -0.4 is 10.1 Å². The molecule has 11 heteroatoms. The number of aryl methyl sites for hydroxylation is 1. The second-order valence-corrected chi connectivity index (χ2v) is 11.5. The molecule has 0 aliphatic carbocycles. The van der Waals surface area contributed by atoms with Gasteiger partial charge in [-0.1, -0.05) is 11.6 Å². The maximum atomic E-state index is 12.6. The quantitative estimate of drug-likeness (QED) is 0.522. The van der Waals surface area contributed by atoms with Crippen LogP contribution in [0, 0.1) is 6.92 Å². The zero-order valence-electron chi connectivity index (χ0n) is 16.5. The predicted octanol–water partition coefficient (Wildman–Crippen LogP) is 3.93. The van der Waals surface area contributed by atoms with Crippen molar-refractivity contribution in [3.63, 3.8) is 0 Å². The van der Waals surface area contributed by atoms with Crippen LogP contribution in [0.25, 0.3) is 0 Å². The van der Waals surface area contributed by atoms with Gasteiger partial charge in [-0.2, -0.15) is 0 Å². The van der Waals surface area contributed by atoms with Gasteiger partial charge in [0.25, 0.3) is 15.9 Å². The fourth-order valence-electron chi connectivity index (χ4n) is 2.42. The van der Waals surface area contributed by atoms with Crippen molar-refractivity contribution in [2.75, 3.05) is 14.1 Å². The van der Waals surface area contributed by atoms with Crippen LogP contribution in [0.2, 0.25) is 5.02 Å². The monoisotopic (exact) mass is 485 g/mol. The van der Waals surface area contributed by atoms with Gasteiger partial charge in [0.05, 0.1) is 12.2 Å². The number of nitrogens with zero attached hydrogens (tertiary/aromatic N) is 2. The lowest BCUT2D eigenvalue weighted by Crippen LogP contribution is -2.22. The standard InChI is InChI=1S/C19H20ClN3O4S3/c1-12-18(29-16(22-12)11-27-14-6-4-13(20)5-7-14)19(24)21-10-15-8-9-17(28-15)30(25,26)23(2)3/h4-9H,10-11H2,1-3H3,(H,21,24). The molecule has 0 aliphatic rings. The number of aromatic nitrogens is 1. The second kappa shape index (κ2) is 9.44. The Hall–Kier alpha value is -1.98. The second-order valence-electron chi connectivity index (χ2n) is 6.46. The number of halogens is 1. The summed E-state index contributed by atoms with van der Waals surface area (Å²) in [5.41, 5.74) is 0.620. The zero-order valence-corrected chi connectivity index (χ0v) is 19.7. The van der Waals surface area contributed by atoms with Gasteiger partial charge in [0.1, 0.15) is 26.5 Å². The van der Waals surface area contributed by atoms with Crippen LogP contribution >= 0.6 is 34.3 Å². The van der Waals surface area contributed by atoms with Crippen LogP contribution in [0.5, 0.6) is 5.75 Å². The Labute approximate surface area is 188 Å². The minimum absolute atomic E-state index is 0.237. The van der Waals surface area contributed by atoms with Crippen molar-refractivity contribution in [1.29, 1.82) is 0 Å². The van der Waals surface area contributed by atoms with Crippen LogP contribution in [0.15, 0.2) is 40.6 Å². The highest BCUT2D eigenvalue weighted by Gasteiger charge is 2.20. The topological polar surface area (TPSA) is 88.6 Å². The Morgan fingerprint density at radius 1 is 1.17 bits per heavy atom. The van der Waals surface area contributed by atoms with E-state index >= 15 is 0 Å². The maximum absolute atomic E-state index is 12.6. The molecule has 0 bridgehead atoms. The number of amides is 1. The molecule has 1 amide bonds. The average Bonchev–Trinajstić information content (AvgIpc) is 3.32. The third kappa shape index (κ3) is 5.38. The lowest BCUT2D eigenvalue weighted by Gasteiger charge is -2.08. The Kier molecular flexibility index (Phi) is 7.14. The summed E-state index contributed by atoms with van der Waals surface area (Å²) in [4.78, 5) is 18.2. The highest BCUT2D eigenvalue weighted by molar-refractivity contribution is 7.91. The third-order valence-electron chi connectivity index (χ3n) is 4.02. The fraction of sp³-hybridized carbons (Fsp3) is 0.263. The van der Waals surface area contributed by atoms with Crippen molar-refractivity contribution in [3.8, 4) is 5.75 Å². The number of carbonyl (C=O) groups excluding carboxylic acids is 1. The molecular weight excluding hydrogens is 466 g/mol. The molecule has 3 rings (SSSR count). The minimum Gasteiger partial charge on any atom is -0.486 e. The number of sulfonamides is 1. The zero-order chi connectivity index (χ0) is 21.9. The summed E-state index contributed by atoms with van der Waals surface area (Å²) < 4.78 is 31.4. The molecule has 0 spiro atoms. The molecule has 1 aromatic carbocycles. The van der Waals surface area contributed by atoms with Gasteiger partial charge in [0.15, 0.2) is 0 Å². The van der Waals surface area contributed by atoms with Gasteiger partial charge in [-0.15, -0.1) is 22.7 Å². The van der Waals surface area contributed by atoms with Crippen LogP contribution in [0.3, 0.4) is 0 Å². The van der Waals surface area contributed by atoms with Crippen molar-refractivity contribution in [2.45, 2.75) is 24.3 Å². The Morgan fingerprint density at radius 3 is 2.53 bits per heavy atom. The molecule has 2 heterocycles. The molecule has 1 N–H and O–H groups in total. The molecule has 0 saturated carbocycles. The maximum Gasteiger partial charge on any atom is 0.263 e. The van der Waals surface area contributed by atoms with E-state index in [-0.39, 0.29) is 23.3 Å². The first-order valence-electron chi connectivity index (χ1n) is 8.81. The van der Waals surface area contributed by atoms with E-state index in [4.69, 9.17) is 16.3 Å². The van der Waals surface area contributed by atoms with E-state index in [0.29, 0.717) is 26.4 Å². The van der Waals surface area contributed by atoms with Gasteiger partial charge >= 0.3 is 0 Å². The average molecular weight is 486 g/mol. The number of thiazole rings is 1. The number of carbonyl (C=O) groups is 1. The number of hydrogen-bond acceptors (Lipinski definition) is 7. The normalized spacial score (nSPS) is 11.6. The van der Waals surface area contributed by atoms with E-state index in [1.165, 1.54) is 25.4 Å². The SMILES string of the molecule is Cc1nc(COc2ccc(Cl)cc2)sc1C(=O)NCc1ccc(S(=O)(=O)N(C)C)s1. The van der Waals surface area contributed by atoms with Crippen LogP contribution in [0.4, 0.5) is 0 Å². The summed E-state index contributed by atoms with van der Waals surface area (Å²) >= 11 is 8.26. The molecule has 0 unspecified atom stereocenters. The van der Waals surface area contributed by atoms with E-state index < -0.39 is 10.0 Å². The van der Waals surface area contributed by atoms with E-state index in [1.54, 1.807) is 43.3 Å². The smallest absolute Gasteiger partial charge is 0.263 e. The van der Waals surface area contributed by atoms with Crippen LogP contribution in [-0.2, 0) is 23.2 Å². The molecule has 0 saturated heterocycles. The molecule has 0 radical (unpaired) electrons. The highest BCUT2D eigenvalue weighted by Crippen LogP contribution is 2.25. The van der Waals surface area contributed by atoms with Crippen LogP contribution in [-0.4, -0.2) is 37.7 Å². The highest BCUT2D eigenvalue weighted by atomic mass is 35.5. The largest absolute Gasteiger partial charge is 0.486 e. The summed E-state index contributed by atoms with van der Waals surface area (Å²) in [6.45, 7) is 2.25. The van der Waals surface area contributed by atoms with E-state index in [1.807, 2.05) is 0 Å². The van der Waals surface area contributed by atoms with Gasteiger partial charge < -0.3 is 10.1 Å². The number of hydrogen-bond donors (Lipinski definition) is 1. The number of benzene rings is 1. The Morgan fingerprint density at radius 2 is 1.87 bits per heavy atom. The number of rotatable bonds is 8. The van der Waals surface area contributed by atoms with E-state index in [9.17, 15) is 13.2 Å². The summed E-state index contributed by atoms with van der Waals surface area (Å²) in [5, 5.41) is 4.13. The number of nitrogens with one attached hydrogen (secondary N) is 1. The molecule has 2 aromatic heterocycles. The van der Waals surface area contributed by atoms with E-state index in [0.717, 1.165) is 20.5 Å². The van der Waals surface area contributed by atoms with Crippen molar-refractivity contribution in [1.82, 2.24) is 14.6 Å². The lowest BCUT2D eigenvalue weighted by molar-refractivity contribution is 0.0954. The fourth-order valence-corrected chi connectivity index (χ4v) is 5.90. The molecular formula is C19H20ClN3O4S3. The van der Waals surface area contributed by atoms with Gasteiger partial charge in [-0.05, 0) is 43.3 Å². The molecule has 160 valence electrons. The van der Waals surface area contributed by atoms with Crippen molar-refractivity contribution in [3.05, 3.63) is 61.9 Å². The summed E-state index contributed by atoms with van der Waals surface area (Å²) in [5.74, 6) is 0.410. The third-order valence-corrected chi connectivity index (χ3v) is 8.77. The van der Waals surface area contributed by atoms with Gasteiger partial charge in [-0.25, -0.2) is 17.7 Å². The first kappa shape index (κ1) is 22.7. The van der Waals surface area contributed by atoms with Crippen LogP contribution in [0.1, 0.15) is 25.3 Å². The summed E-state index contributed by atoms with van der Waals surface area (Å²) in [6, 6.07) is 10.3. The Bertz CT molecular complexity index is 1140. The molecule has 0 aliphatic heterocycles. The van der Waals surface area contributed by atoms with E-state index in [2.05, 4.69) is 10.3 Å². The Balaban J connectivity index is 1.59. The molecule has 30 heavy (non-hydrogen) atoms. The minimum atomic E-state index is -3.47. The van der Waals surface area contributed by atoms with Crippen molar-refractivity contribution in [2.24, 2.45) is 0 Å².